The first-order valence-corrected chi connectivity index (χ1v) is 9.95. The smallest absolute Gasteiger partial charge is 0.273 e. The quantitative estimate of drug-likeness (QED) is 0.240. The second-order valence-electron chi connectivity index (χ2n) is 7.09. The lowest BCUT2D eigenvalue weighted by molar-refractivity contribution is -0.384. The number of nitriles is 1. The summed E-state index contributed by atoms with van der Waals surface area (Å²) in [7, 11) is 1.61. The molecular formula is C23H20N4O5. The molecule has 9 nitrogen and oxygen atoms in total. The van der Waals surface area contributed by atoms with Crippen LogP contribution in [0.4, 0.5) is 5.69 Å². The van der Waals surface area contributed by atoms with Crippen molar-refractivity contribution < 1.29 is 14.4 Å². The van der Waals surface area contributed by atoms with Gasteiger partial charge in [0.1, 0.15) is 11.6 Å². The highest BCUT2D eigenvalue weighted by Crippen LogP contribution is 2.30. The Labute approximate surface area is 182 Å². The van der Waals surface area contributed by atoms with Gasteiger partial charge >= 0.3 is 0 Å². The zero-order valence-corrected chi connectivity index (χ0v) is 17.4. The molecule has 162 valence electrons. The van der Waals surface area contributed by atoms with Crippen LogP contribution >= 0.6 is 0 Å². The number of hydrogen-bond donors (Lipinski definition) is 0. The molecule has 0 spiro atoms. The van der Waals surface area contributed by atoms with Crippen molar-refractivity contribution in [2.45, 2.75) is 6.54 Å². The van der Waals surface area contributed by atoms with E-state index in [1.165, 1.54) is 28.8 Å². The lowest BCUT2D eigenvalue weighted by Gasteiger charge is -2.11. The number of benzene rings is 2. The fraction of sp³-hybridized carbons (Fsp3) is 0.217. The van der Waals surface area contributed by atoms with Gasteiger partial charge in [-0.15, -0.1) is 0 Å². The van der Waals surface area contributed by atoms with Gasteiger partial charge in [-0.1, -0.05) is 18.2 Å². The van der Waals surface area contributed by atoms with E-state index in [4.69, 9.17) is 9.47 Å². The molecule has 0 radical (unpaired) electrons. The first kappa shape index (κ1) is 21.2. The van der Waals surface area contributed by atoms with Crippen molar-refractivity contribution in [1.82, 2.24) is 9.13 Å². The van der Waals surface area contributed by atoms with E-state index in [1.54, 1.807) is 13.2 Å². The normalized spacial score (nSPS) is 11.1. The molecule has 4 aromatic rings. The number of para-hydroxylation sites is 1. The molecule has 0 aliphatic carbocycles. The molecule has 2 heterocycles. The lowest BCUT2D eigenvalue weighted by atomic mass is 10.2. The Balaban J connectivity index is 1.95. The van der Waals surface area contributed by atoms with Crippen LogP contribution < -0.4 is 5.56 Å². The number of aromatic nitrogens is 2. The minimum Gasteiger partial charge on any atom is -0.382 e. The van der Waals surface area contributed by atoms with Gasteiger partial charge < -0.3 is 14.0 Å². The van der Waals surface area contributed by atoms with E-state index in [0.717, 1.165) is 10.9 Å². The molecule has 2 aromatic carbocycles. The van der Waals surface area contributed by atoms with Crippen molar-refractivity contribution in [3.05, 3.63) is 80.6 Å². The SMILES string of the molecule is COCCOCCn1c2ccccc2c2c1cc(C#N)c(=O)n2-c1ccc([N+](=O)[O-])cc1. The molecule has 32 heavy (non-hydrogen) atoms. The van der Waals surface area contributed by atoms with Crippen LogP contribution in [-0.2, 0) is 16.0 Å². The summed E-state index contributed by atoms with van der Waals surface area (Å²) in [6, 6.07) is 16.9. The molecule has 0 N–H and O–H groups in total. The van der Waals surface area contributed by atoms with Crippen LogP contribution in [-0.4, -0.2) is 41.0 Å². The van der Waals surface area contributed by atoms with Crippen molar-refractivity contribution in [3.63, 3.8) is 0 Å². The molecule has 0 aliphatic rings. The molecule has 0 saturated carbocycles. The molecule has 0 atom stereocenters. The van der Waals surface area contributed by atoms with Crippen molar-refractivity contribution in [3.8, 4) is 11.8 Å². The minimum absolute atomic E-state index is 0.0137. The van der Waals surface area contributed by atoms with Crippen LogP contribution in [0.1, 0.15) is 5.56 Å². The first-order valence-electron chi connectivity index (χ1n) is 9.95. The Morgan fingerprint density at radius 3 is 2.50 bits per heavy atom. The Hall–Kier alpha value is -4.00. The summed E-state index contributed by atoms with van der Waals surface area (Å²) in [6.45, 7) is 1.89. The monoisotopic (exact) mass is 432 g/mol. The molecule has 4 rings (SSSR count). The largest absolute Gasteiger partial charge is 0.382 e. The van der Waals surface area contributed by atoms with Gasteiger partial charge in [0.15, 0.2) is 0 Å². The summed E-state index contributed by atoms with van der Waals surface area (Å²) in [6.07, 6.45) is 0. The van der Waals surface area contributed by atoms with E-state index in [9.17, 15) is 20.2 Å². The van der Waals surface area contributed by atoms with Gasteiger partial charge in [0.25, 0.3) is 11.2 Å². The van der Waals surface area contributed by atoms with Gasteiger partial charge in [-0.25, -0.2) is 0 Å². The van der Waals surface area contributed by atoms with Crippen molar-refractivity contribution >= 4 is 27.6 Å². The van der Waals surface area contributed by atoms with Gasteiger partial charge in [0.2, 0.25) is 0 Å². The maximum absolute atomic E-state index is 13.2. The average molecular weight is 432 g/mol. The number of rotatable bonds is 8. The van der Waals surface area contributed by atoms with Gasteiger partial charge in [-0.2, -0.15) is 5.26 Å². The minimum atomic E-state index is -0.497. The molecule has 2 aromatic heterocycles. The highest BCUT2D eigenvalue weighted by molar-refractivity contribution is 6.07. The highest BCUT2D eigenvalue weighted by Gasteiger charge is 2.19. The van der Waals surface area contributed by atoms with Crippen LogP contribution in [0.25, 0.3) is 27.6 Å². The molecule has 0 aliphatic heterocycles. The summed E-state index contributed by atoms with van der Waals surface area (Å²) in [4.78, 5) is 23.7. The van der Waals surface area contributed by atoms with Crippen molar-refractivity contribution in [2.24, 2.45) is 0 Å². The summed E-state index contributed by atoms with van der Waals surface area (Å²) in [5.74, 6) is 0. The fourth-order valence-corrected chi connectivity index (χ4v) is 3.80. The van der Waals surface area contributed by atoms with E-state index in [2.05, 4.69) is 0 Å². The number of nitro benzene ring substituents is 1. The number of nitrogens with zero attached hydrogens (tertiary/aromatic N) is 4. The van der Waals surface area contributed by atoms with E-state index in [1.807, 2.05) is 34.9 Å². The third kappa shape index (κ3) is 3.73. The van der Waals surface area contributed by atoms with E-state index in [-0.39, 0.29) is 11.3 Å². The fourth-order valence-electron chi connectivity index (χ4n) is 3.80. The number of nitro groups is 1. The Bertz CT molecular complexity index is 1400. The number of hydrogen-bond acceptors (Lipinski definition) is 6. The standard InChI is InChI=1S/C23H20N4O5/c1-31-12-13-32-11-10-25-20-5-3-2-4-19(20)22-21(25)14-16(15-24)23(28)26(22)17-6-8-18(9-7-17)27(29)30/h2-9,14H,10-13H2,1H3. The van der Waals surface area contributed by atoms with Crippen molar-refractivity contribution in [1.29, 1.82) is 5.26 Å². The average Bonchev–Trinajstić information content (AvgIpc) is 3.12. The molecule has 0 fully saturated rings. The summed E-state index contributed by atoms with van der Waals surface area (Å²) in [5.41, 5.74) is 2.11. The number of pyridine rings is 1. The zero-order chi connectivity index (χ0) is 22.7. The van der Waals surface area contributed by atoms with Gasteiger partial charge in [-0.3, -0.25) is 19.5 Å². The number of ether oxygens (including phenoxy) is 2. The maximum atomic E-state index is 13.2. The third-order valence-electron chi connectivity index (χ3n) is 5.25. The van der Waals surface area contributed by atoms with Gasteiger partial charge in [-0.05, 0) is 24.3 Å². The topological polar surface area (TPSA) is 112 Å². The molecule has 0 bridgehead atoms. The van der Waals surface area contributed by atoms with Crippen LogP contribution in [0.5, 0.6) is 0 Å². The maximum Gasteiger partial charge on any atom is 0.273 e. The Kier molecular flexibility index (Phi) is 5.98. The molecular weight excluding hydrogens is 412 g/mol. The van der Waals surface area contributed by atoms with Gasteiger partial charge in [0, 0.05) is 36.9 Å². The summed E-state index contributed by atoms with van der Waals surface area (Å²) < 4.78 is 14.1. The Morgan fingerprint density at radius 2 is 1.81 bits per heavy atom. The van der Waals surface area contributed by atoms with Gasteiger partial charge in [0.05, 0.1) is 41.3 Å². The highest BCUT2D eigenvalue weighted by atomic mass is 16.6. The predicted octanol–water partition coefficient (Wildman–Crippen LogP) is 3.39. The first-order chi connectivity index (χ1) is 15.6. The second kappa shape index (κ2) is 9.01. The van der Waals surface area contributed by atoms with Crippen LogP contribution in [0.3, 0.4) is 0 Å². The summed E-state index contributed by atoms with van der Waals surface area (Å²) >= 11 is 0. The third-order valence-corrected chi connectivity index (χ3v) is 5.25. The second-order valence-corrected chi connectivity index (χ2v) is 7.09. The zero-order valence-electron chi connectivity index (χ0n) is 17.4. The van der Waals surface area contributed by atoms with Crippen LogP contribution in [0.2, 0.25) is 0 Å². The van der Waals surface area contributed by atoms with Crippen molar-refractivity contribution in [2.75, 3.05) is 26.9 Å². The van der Waals surface area contributed by atoms with Crippen LogP contribution in [0, 0.1) is 21.4 Å². The summed E-state index contributed by atoms with van der Waals surface area (Å²) in [5, 5.41) is 21.5. The van der Waals surface area contributed by atoms with E-state index < -0.39 is 10.5 Å². The predicted molar refractivity (Wildman–Crippen MR) is 119 cm³/mol. The molecule has 0 unspecified atom stereocenters. The van der Waals surface area contributed by atoms with E-state index >= 15 is 0 Å². The molecule has 0 amide bonds. The molecule has 9 heteroatoms. The Morgan fingerprint density at radius 1 is 1.06 bits per heavy atom. The molecule has 0 saturated heterocycles. The number of fused-ring (bicyclic) bond motifs is 3. The number of non-ortho nitro benzene ring substituents is 1. The van der Waals surface area contributed by atoms with E-state index in [0.29, 0.717) is 43.1 Å². The number of methoxy groups -OCH3 is 1. The lowest BCUT2D eigenvalue weighted by Crippen LogP contribution is -2.21. The van der Waals surface area contributed by atoms with Crippen LogP contribution in [0.15, 0.2) is 59.4 Å².